The van der Waals surface area contributed by atoms with Crippen molar-refractivity contribution in [3.05, 3.63) is 46.3 Å². The molecule has 2 aliphatic rings. The molecule has 0 spiro atoms. The number of methoxy groups -OCH3 is 3. The summed E-state index contributed by atoms with van der Waals surface area (Å²) in [4.78, 5) is 39.4. The third-order valence-electron chi connectivity index (χ3n) is 6.15. The van der Waals surface area contributed by atoms with Gasteiger partial charge in [0.2, 0.25) is 0 Å². The van der Waals surface area contributed by atoms with E-state index in [0.717, 1.165) is 0 Å². The molecule has 3 atom stereocenters. The molecule has 0 fully saturated rings. The highest BCUT2D eigenvalue weighted by atomic mass is 16.5. The summed E-state index contributed by atoms with van der Waals surface area (Å²) in [5, 5.41) is 3.24. The van der Waals surface area contributed by atoms with E-state index >= 15 is 0 Å². The number of esters is 2. The van der Waals surface area contributed by atoms with Gasteiger partial charge in [0.1, 0.15) is 17.4 Å². The van der Waals surface area contributed by atoms with Gasteiger partial charge in [-0.3, -0.25) is 9.59 Å². The Bertz CT molecular complexity index is 1020. The number of carbonyl (C=O) groups is 3. The van der Waals surface area contributed by atoms with Crippen molar-refractivity contribution in [1.29, 1.82) is 0 Å². The fraction of sp³-hybridized carbons (Fsp3) is 0.480. The molecule has 0 amide bonds. The van der Waals surface area contributed by atoms with Gasteiger partial charge in [-0.05, 0) is 31.7 Å². The lowest BCUT2D eigenvalue weighted by atomic mass is 9.69. The zero-order valence-corrected chi connectivity index (χ0v) is 19.9. The monoisotopic (exact) mass is 457 g/mol. The first-order valence-electron chi connectivity index (χ1n) is 11.0. The third-order valence-corrected chi connectivity index (χ3v) is 6.15. The largest absolute Gasteiger partial charge is 0.497 e. The molecule has 0 bridgehead atoms. The molecule has 1 aromatic rings. The Balaban J connectivity index is 2.23. The summed E-state index contributed by atoms with van der Waals surface area (Å²) in [6.07, 6.45) is 1.13. The Kier molecular flexibility index (Phi) is 7.46. The van der Waals surface area contributed by atoms with Crippen LogP contribution in [0.3, 0.4) is 0 Å². The summed E-state index contributed by atoms with van der Waals surface area (Å²) >= 11 is 0. The summed E-state index contributed by atoms with van der Waals surface area (Å²) < 4.78 is 21.3. The van der Waals surface area contributed by atoms with Gasteiger partial charge >= 0.3 is 11.9 Å². The maximum absolute atomic E-state index is 13.7. The molecule has 1 aliphatic heterocycles. The first kappa shape index (κ1) is 24.4. The number of Topliss-reactive ketones (excluding diaryl/α,β-unsaturated/α-hetero) is 1. The molecule has 8 heteroatoms. The molecule has 0 aromatic heterocycles. The molecule has 33 heavy (non-hydrogen) atoms. The van der Waals surface area contributed by atoms with E-state index in [9.17, 15) is 14.4 Å². The molecule has 1 aromatic carbocycles. The second-order valence-electron chi connectivity index (χ2n) is 8.28. The van der Waals surface area contributed by atoms with Gasteiger partial charge in [-0.1, -0.05) is 19.9 Å². The normalized spacial score (nSPS) is 22.4. The minimum absolute atomic E-state index is 0.254. The predicted octanol–water partition coefficient (Wildman–Crippen LogP) is 3.27. The van der Waals surface area contributed by atoms with Crippen molar-refractivity contribution in [3.8, 4) is 11.5 Å². The number of carbonyl (C=O) groups excluding carboxylic acids is 3. The van der Waals surface area contributed by atoms with E-state index in [2.05, 4.69) is 5.32 Å². The van der Waals surface area contributed by atoms with Crippen LogP contribution in [0.1, 0.15) is 45.1 Å². The van der Waals surface area contributed by atoms with Gasteiger partial charge in [-0.25, -0.2) is 4.79 Å². The predicted molar refractivity (Wildman–Crippen MR) is 121 cm³/mol. The lowest BCUT2D eigenvalue weighted by Crippen LogP contribution is -2.43. The van der Waals surface area contributed by atoms with E-state index < -0.39 is 23.8 Å². The molecule has 1 aliphatic carbocycles. The molecule has 0 radical (unpaired) electrons. The number of ether oxygens (including phenoxy) is 4. The van der Waals surface area contributed by atoms with Crippen molar-refractivity contribution in [2.75, 3.05) is 27.9 Å². The van der Waals surface area contributed by atoms with Crippen LogP contribution in [-0.4, -0.2) is 45.7 Å². The van der Waals surface area contributed by atoms with Crippen LogP contribution in [0.5, 0.6) is 11.5 Å². The maximum atomic E-state index is 13.7. The quantitative estimate of drug-likeness (QED) is 0.492. The minimum atomic E-state index is -0.950. The smallest absolute Gasteiger partial charge is 0.336 e. The summed E-state index contributed by atoms with van der Waals surface area (Å²) in [6.45, 7) is 5.80. The summed E-state index contributed by atoms with van der Waals surface area (Å²) in [7, 11) is 4.33. The SMILES string of the molecule is CCCOC(=O)C1=C(C)NC2=C(C(=O)C(C(=O)OC)C(C)C2)C1c1ccc(OC)cc1OC. The van der Waals surface area contributed by atoms with E-state index in [1.807, 2.05) is 13.8 Å². The maximum Gasteiger partial charge on any atom is 0.336 e. The zero-order chi connectivity index (χ0) is 24.3. The van der Waals surface area contributed by atoms with Crippen LogP contribution in [0.2, 0.25) is 0 Å². The van der Waals surface area contributed by atoms with Gasteiger partial charge in [0.25, 0.3) is 0 Å². The van der Waals surface area contributed by atoms with Gasteiger partial charge in [0, 0.05) is 28.6 Å². The van der Waals surface area contributed by atoms with Crippen molar-refractivity contribution in [2.24, 2.45) is 11.8 Å². The van der Waals surface area contributed by atoms with Crippen LogP contribution < -0.4 is 14.8 Å². The summed E-state index contributed by atoms with van der Waals surface area (Å²) in [6, 6.07) is 5.23. The van der Waals surface area contributed by atoms with Crippen LogP contribution in [-0.2, 0) is 23.9 Å². The number of dihydropyridines is 1. The molecular formula is C25H31NO7. The van der Waals surface area contributed by atoms with Crippen molar-refractivity contribution >= 4 is 17.7 Å². The second kappa shape index (κ2) is 10.1. The lowest BCUT2D eigenvalue weighted by Gasteiger charge is -2.38. The van der Waals surface area contributed by atoms with E-state index in [1.54, 1.807) is 32.2 Å². The van der Waals surface area contributed by atoms with Crippen LogP contribution >= 0.6 is 0 Å². The van der Waals surface area contributed by atoms with E-state index in [1.165, 1.54) is 14.2 Å². The van der Waals surface area contributed by atoms with Gasteiger partial charge in [0.05, 0.1) is 39.4 Å². The van der Waals surface area contributed by atoms with E-state index in [4.69, 9.17) is 18.9 Å². The minimum Gasteiger partial charge on any atom is -0.497 e. The Hall–Kier alpha value is -3.29. The molecule has 3 rings (SSSR count). The molecular weight excluding hydrogens is 426 g/mol. The topological polar surface area (TPSA) is 100 Å². The number of ketones is 1. The first-order chi connectivity index (χ1) is 15.8. The van der Waals surface area contributed by atoms with Gasteiger partial charge in [0.15, 0.2) is 5.78 Å². The molecule has 0 saturated heterocycles. The van der Waals surface area contributed by atoms with Crippen LogP contribution in [0.15, 0.2) is 40.7 Å². The Labute approximate surface area is 193 Å². The van der Waals surface area contributed by atoms with Crippen molar-refractivity contribution < 1.29 is 33.3 Å². The zero-order valence-electron chi connectivity index (χ0n) is 19.9. The third kappa shape index (κ3) is 4.47. The number of hydrogen-bond acceptors (Lipinski definition) is 8. The molecule has 8 nitrogen and oxygen atoms in total. The van der Waals surface area contributed by atoms with Crippen LogP contribution in [0, 0.1) is 11.8 Å². The fourth-order valence-corrected chi connectivity index (χ4v) is 4.59. The fourth-order valence-electron chi connectivity index (χ4n) is 4.59. The Morgan fingerprint density at radius 2 is 1.88 bits per heavy atom. The lowest BCUT2D eigenvalue weighted by molar-refractivity contribution is -0.151. The molecule has 178 valence electrons. The van der Waals surface area contributed by atoms with E-state index in [-0.39, 0.29) is 18.3 Å². The summed E-state index contributed by atoms with van der Waals surface area (Å²) in [5.74, 6) is -2.39. The summed E-state index contributed by atoms with van der Waals surface area (Å²) in [5.41, 5.74) is 2.59. The average molecular weight is 458 g/mol. The van der Waals surface area contributed by atoms with Crippen molar-refractivity contribution in [1.82, 2.24) is 5.32 Å². The number of hydrogen-bond donors (Lipinski definition) is 1. The highest BCUT2D eigenvalue weighted by molar-refractivity contribution is 6.12. The van der Waals surface area contributed by atoms with Gasteiger partial charge in [-0.15, -0.1) is 0 Å². The van der Waals surface area contributed by atoms with Crippen LogP contribution in [0.25, 0.3) is 0 Å². The second-order valence-corrected chi connectivity index (χ2v) is 8.28. The molecule has 1 N–H and O–H groups in total. The highest BCUT2D eigenvalue weighted by Gasteiger charge is 2.47. The number of nitrogens with one attached hydrogen (secondary N) is 1. The molecule has 3 unspecified atom stereocenters. The van der Waals surface area contributed by atoms with Gasteiger partial charge < -0.3 is 24.3 Å². The first-order valence-corrected chi connectivity index (χ1v) is 11.0. The van der Waals surface area contributed by atoms with E-state index in [0.29, 0.717) is 52.4 Å². The van der Waals surface area contributed by atoms with Gasteiger partial charge in [-0.2, -0.15) is 0 Å². The number of rotatable bonds is 7. The standard InChI is InChI=1S/C25H31NO7/c1-7-10-33-25(29)20-14(3)26-17-11-13(2)19(24(28)32-6)23(27)22(17)21(20)16-9-8-15(30-4)12-18(16)31-5/h8-9,12-13,19,21,26H,7,10-11H2,1-6H3. The Morgan fingerprint density at radius 1 is 1.15 bits per heavy atom. The van der Waals surface area contributed by atoms with Crippen molar-refractivity contribution in [2.45, 2.75) is 39.5 Å². The molecule has 1 heterocycles. The number of allylic oxidation sites excluding steroid dienone is 3. The number of benzene rings is 1. The van der Waals surface area contributed by atoms with Crippen molar-refractivity contribution in [3.63, 3.8) is 0 Å². The van der Waals surface area contributed by atoms with Crippen LogP contribution in [0.4, 0.5) is 0 Å². The average Bonchev–Trinajstić information content (AvgIpc) is 2.80. The highest BCUT2D eigenvalue weighted by Crippen LogP contribution is 2.48. The molecule has 0 saturated carbocycles. The Morgan fingerprint density at radius 3 is 2.48 bits per heavy atom.